The summed E-state index contributed by atoms with van der Waals surface area (Å²) in [4.78, 5) is 9.91. The van der Waals surface area contributed by atoms with Crippen LogP contribution in [0, 0.1) is 5.92 Å². The molecule has 3 rings (SSSR count). The fourth-order valence-electron chi connectivity index (χ4n) is 4.53. The SMILES string of the molecule is CCCN1CCC(CN=C(NCC)NC2CCN(c3cc(OC)cc(OC)c3)C2)CC1. The normalized spacial score (nSPS) is 20.7. The van der Waals surface area contributed by atoms with Crippen molar-refractivity contribution in [1.29, 1.82) is 0 Å². The van der Waals surface area contributed by atoms with Gasteiger partial charge in [0.05, 0.1) is 14.2 Å². The van der Waals surface area contributed by atoms with Crippen LogP contribution in [-0.4, -0.2) is 76.9 Å². The monoisotopic (exact) mass is 431 g/mol. The summed E-state index contributed by atoms with van der Waals surface area (Å²) in [6.45, 7) is 11.8. The molecule has 1 unspecified atom stereocenters. The lowest BCUT2D eigenvalue weighted by Crippen LogP contribution is -2.45. The molecule has 2 N–H and O–H groups in total. The average molecular weight is 432 g/mol. The summed E-state index contributed by atoms with van der Waals surface area (Å²) >= 11 is 0. The van der Waals surface area contributed by atoms with Gasteiger partial charge in [-0.3, -0.25) is 4.99 Å². The lowest BCUT2D eigenvalue weighted by molar-refractivity contribution is 0.188. The van der Waals surface area contributed by atoms with Crippen molar-refractivity contribution in [3.05, 3.63) is 18.2 Å². The number of nitrogens with one attached hydrogen (secondary N) is 2. The van der Waals surface area contributed by atoms with Crippen LogP contribution in [0.15, 0.2) is 23.2 Å². The maximum Gasteiger partial charge on any atom is 0.191 e. The molecular weight excluding hydrogens is 390 g/mol. The van der Waals surface area contributed by atoms with Crippen molar-refractivity contribution in [2.75, 3.05) is 64.9 Å². The maximum absolute atomic E-state index is 5.44. The number of hydrogen-bond acceptors (Lipinski definition) is 5. The quantitative estimate of drug-likeness (QED) is 0.463. The van der Waals surface area contributed by atoms with E-state index in [0.717, 1.165) is 55.7 Å². The van der Waals surface area contributed by atoms with E-state index in [2.05, 4.69) is 46.4 Å². The molecule has 1 aromatic rings. The number of anilines is 1. The molecule has 2 fully saturated rings. The highest BCUT2D eigenvalue weighted by molar-refractivity contribution is 5.80. The van der Waals surface area contributed by atoms with Crippen LogP contribution < -0.4 is 25.0 Å². The van der Waals surface area contributed by atoms with Crippen LogP contribution in [0.5, 0.6) is 11.5 Å². The van der Waals surface area contributed by atoms with Gasteiger partial charge in [-0.2, -0.15) is 0 Å². The largest absolute Gasteiger partial charge is 0.497 e. The zero-order chi connectivity index (χ0) is 22.1. The minimum atomic E-state index is 0.376. The smallest absolute Gasteiger partial charge is 0.191 e. The van der Waals surface area contributed by atoms with Crippen LogP contribution in [0.3, 0.4) is 0 Å². The lowest BCUT2D eigenvalue weighted by atomic mass is 9.97. The number of methoxy groups -OCH3 is 2. The molecular formula is C24H41N5O2. The van der Waals surface area contributed by atoms with E-state index >= 15 is 0 Å². The molecule has 0 amide bonds. The Morgan fingerprint density at radius 3 is 2.35 bits per heavy atom. The van der Waals surface area contributed by atoms with Gasteiger partial charge in [-0.1, -0.05) is 6.92 Å². The minimum absolute atomic E-state index is 0.376. The van der Waals surface area contributed by atoms with Crippen molar-refractivity contribution in [3.63, 3.8) is 0 Å². The third-order valence-electron chi connectivity index (χ3n) is 6.33. The zero-order valence-electron chi connectivity index (χ0n) is 19.8. The molecule has 0 bridgehead atoms. The van der Waals surface area contributed by atoms with Gasteiger partial charge >= 0.3 is 0 Å². The molecule has 174 valence electrons. The van der Waals surface area contributed by atoms with Crippen LogP contribution in [0.2, 0.25) is 0 Å². The first kappa shape index (κ1) is 23.5. The Labute approximate surface area is 188 Å². The second-order valence-corrected chi connectivity index (χ2v) is 8.65. The Morgan fingerprint density at radius 1 is 1.03 bits per heavy atom. The molecule has 1 aromatic carbocycles. The van der Waals surface area contributed by atoms with E-state index in [1.807, 2.05) is 6.07 Å². The molecule has 2 heterocycles. The zero-order valence-corrected chi connectivity index (χ0v) is 19.8. The van der Waals surface area contributed by atoms with Gasteiger partial charge in [-0.05, 0) is 58.2 Å². The van der Waals surface area contributed by atoms with E-state index in [9.17, 15) is 0 Å². The molecule has 0 aromatic heterocycles. The Bertz CT molecular complexity index is 681. The van der Waals surface area contributed by atoms with Gasteiger partial charge in [0, 0.05) is 56.1 Å². The van der Waals surface area contributed by atoms with E-state index in [4.69, 9.17) is 14.5 Å². The molecule has 2 saturated heterocycles. The second kappa shape index (κ2) is 12.0. The molecule has 0 aliphatic carbocycles. The lowest BCUT2D eigenvalue weighted by Gasteiger charge is -2.31. The Kier molecular flexibility index (Phi) is 9.13. The standard InChI is InChI=1S/C24H41N5O2/c1-5-10-28-11-7-19(8-12-28)17-26-24(25-6-2)27-20-9-13-29(18-20)21-14-22(30-3)16-23(15-21)31-4/h14-16,19-20H,5-13,17-18H2,1-4H3,(H2,25,26,27). The van der Waals surface area contributed by atoms with Gasteiger partial charge in [0.2, 0.25) is 0 Å². The molecule has 0 saturated carbocycles. The Balaban J connectivity index is 1.53. The molecule has 0 spiro atoms. The van der Waals surface area contributed by atoms with Crippen LogP contribution in [-0.2, 0) is 0 Å². The highest BCUT2D eigenvalue weighted by Crippen LogP contribution is 2.30. The first-order valence-corrected chi connectivity index (χ1v) is 11.9. The first-order valence-electron chi connectivity index (χ1n) is 11.9. The summed E-state index contributed by atoms with van der Waals surface area (Å²) in [5.74, 6) is 3.30. The summed E-state index contributed by atoms with van der Waals surface area (Å²) in [6.07, 6.45) is 4.85. The van der Waals surface area contributed by atoms with E-state index < -0.39 is 0 Å². The number of piperidine rings is 1. The summed E-state index contributed by atoms with van der Waals surface area (Å²) in [6, 6.07) is 6.45. The van der Waals surface area contributed by atoms with Crippen LogP contribution in [0.1, 0.15) is 39.5 Å². The van der Waals surface area contributed by atoms with Crippen molar-refractivity contribution >= 4 is 11.6 Å². The van der Waals surface area contributed by atoms with Gasteiger partial charge in [0.25, 0.3) is 0 Å². The Morgan fingerprint density at radius 2 is 1.74 bits per heavy atom. The summed E-state index contributed by atoms with van der Waals surface area (Å²) < 4.78 is 10.9. The van der Waals surface area contributed by atoms with Gasteiger partial charge in [-0.15, -0.1) is 0 Å². The van der Waals surface area contributed by atoms with Gasteiger partial charge in [-0.25, -0.2) is 0 Å². The number of rotatable bonds is 9. The number of benzene rings is 1. The predicted octanol–water partition coefficient (Wildman–Crippen LogP) is 2.96. The number of likely N-dealkylation sites (tertiary alicyclic amines) is 1. The van der Waals surface area contributed by atoms with Gasteiger partial charge < -0.3 is 29.9 Å². The average Bonchev–Trinajstić information content (AvgIpc) is 3.27. The van der Waals surface area contributed by atoms with Crippen LogP contribution in [0.25, 0.3) is 0 Å². The van der Waals surface area contributed by atoms with Crippen molar-refractivity contribution in [1.82, 2.24) is 15.5 Å². The topological polar surface area (TPSA) is 61.4 Å². The maximum atomic E-state index is 5.44. The molecule has 1 atom stereocenters. The van der Waals surface area contributed by atoms with Gasteiger partial charge in [0.1, 0.15) is 11.5 Å². The number of hydrogen-bond donors (Lipinski definition) is 2. The number of guanidine groups is 1. The van der Waals surface area contributed by atoms with Crippen molar-refractivity contribution < 1.29 is 9.47 Å². The third-order valence-corrected chi connectivity index (χ3v) is 6.33. The highest BCUT2D eigenvalue weighted by atomic mass is 16.5. The summed E-state index contributed by atoms with van der Waals surface area (Å²) in [7, 11) is 3.39. The number of nitrogens with zero attached hydrogens (tertiary/aromatic N) is 3. The molecule has 2 aliphatic rings. The summed E-state index contributed by atoms with van der Waals surface area (Å²) in [5, 5.41) is 7.11. The van der Waals surface area contributed by atoms with Crippen molar-refractivity contribution in [2.45, 2.75) is 45.6 Å². The molecule has 7 heteroatoms. The van der Waals surface area contributed by atoms with E-state index in [1.165, 1.54) is 38.9 Å². The first-order chi connectivity index (χ1) is 15.1. The van der Waals surface area contributed by atoms with Crippen molar-refractivity contribution in [3.8, 4) is 11.5 Å². The predicted molar refractivity (Wildman–Crippen MR) is 129 cm³/mol. The number of ether oxygens (including phenoxy) is 2. The number of aliphatic imine (C=N–C) groups is 1. The van der Waals surface area contributed by atoms with Gasteiger partial charge in [0.15, 0.2) is 5.96 Å². The fraction of sp³-hybridized carbons (Fsp3) is 0.708. The second-order valence-electron chi connectivity index (χ2n) is 8.65. The van der Waals surface area contributed by atoms with E-state index in [-0.39, 0.29) is 0 Å². The van der Waals surface area contributed by atoms with Crippen LogP contribution in [0.4, 0.5) is 5.69 Å². The van der Waals surface area contributed by atoms with Crippen LogP contribution >= 0.6 is 0 Å². The highest BCUT2D eigenvalue weighted by Gasteiger charge is 2.25. The molecule has 7 nitrogen and oxygen atoms in total. The van der Waals surface area contributed by atoms with E-state index in [1.54, 1.807) is 14.2 Å². The fourth-order valence-corrected chi connectivity index (χ4v) is 4.53. The summed E-state index contributed by atoms with van der Waals surface area (Å²) in [5.41, 5.74) is 1.14. The van der Waals surface area contributed by atoms with E-state index in [0.29, 0.717) is 12.0 Å². The molecule has 31 heavy (non-hydrogen) atoms. The Hall–Kier alpha value is -2.15. The molecule has 2 aliphatic heterocycles. The third kappa shape index (κ3) is 6.92. The minimum Gasteiger partial charge on any atom is -0.497 e. The molecule has 0 radical (unpaired) electrons. The van der Waals surface area contributed by atoms with Crippen molar-refractivity contribution in [2.24, 2.45) is 10.9 Å².